The number of hydrogen-bond acceptors (Lipinski definition) is 4. The molecule has 1 aliphatic carbocycles. The third-order valence-corrected chi connectivity index (χ3v) is 5.17. The Morgan fingerprint density at radius 2 is 2.05 bits per heavy atom. The number of aliphatic hydroxyl groups is 1. The second-order valence-corrected chi connectivity index (χ2v) is 6.25. The van der Waals surface area contributed by atoms with E-state index in [2.05, 4.69) is 11.4 Å². The van der Waals surface area contributed by atoms with Crippen molar-refractivity contribution in [2.45, 2.75) is 43.7 Å². The van der Waals surface area contributed by atoms with E-state index in [1.807, 2.05) is 12.1 Å². The summed E-state index contributed by atoms with van der Waals surface area (Å²) in [6.45, 7) is 0.854. The van der Waals surface area contributed by atoms with Gasteiger partial charge in [0.15, 0.2) is 0 Å². The summed E-state index contributed by atoms with van der Waals surface area (Å²) in [5.74, 6) is 1.90. The van der Waals surface area contributed by atoms with Crippen molar-refractivity contribution in [3.63, 3.8) is 0 Å². The maximum absolute atomic E-state index is 11.0. The molecule has 3 atom stereocenters. The molecule has 0 bridgehead atoms. The average molecular weight is 291 g/mol. The van der Waals surface area contributed by atoms with Gasteiger partial charge in [-0.1, -0.05) is 18.9 Å². The highest BCUT2D eigenvalue weighted by molar-refractivity contribution is 5.43. The molecule has 21 heavy (non-hydrogen) atoms. The fourth-order valence-corrected chi connectivity index (χ4v) is 4.03. The predicted molar refractivity (Wildman–Crippen MR) is 81.8 cm³/mol. The van der Waals surface area contributed by atoms with E-state index < -0.39 is 5.60 Å². The molecule has 116 valence electrons. The molecule has 0 radical (unpaired) electrons. The van der Waals surface area contributed by atoms with Crippen molar-refractivity contribution < 1.29 is 14.6 Å². The van der Waals surface area contributed by atoms with Crippen molar-refractivity contribution in [2.75, 3.05) is 20.8 Å². The van der Waals surface area contributed by atoms with E-state index in [1.165, 1.54) is 6.42 Å². The van der Waals surface area contributed by atoms with Gasteiger partial charge in [-0.15, -0.1) is 0 Å². The van der Waals surface area contributed by atoms with Crippen LogP contribution < -0.4 is 14.8 Å². The molecule has 1 heterocycles. The Balaban J connectivity index is 1.95. The van der Waals surface area contributed by atoms with Crippen molar-refractivity contribution >= 4 is 0 Å². The molecule has 0 amide bonds. The number of methoxy groups -OCH3 is 2. The lowest BCUT2D eigenvalue weighted by atomic mass is 9.66. The van der Waals surface area contributed by atoms with Gasteiger partial charge in [0, 0.05) is 23.6 Å². The lowest BCUT2D eigenvalue weighted by molar-refractivity contribution is -0.0863. The lowest BCUT2D eigenvalue weighted by Gasteiger charge is -2.48. The van der Waals surface area contributed by atoms with Crippen LogP contribution in [0, 0.1) is 5.92 Å². The van der Waals surface area contributed by atoms with Gasteiger partial charge < -0.3 is 19.9 Å². The van der Waals surface area contributed by atoms with Gasteiger partial charge in [0.05, 0.1) is 19.8 Å². The molecule has 4 nitrogen and oxygen atoms in total. The van der Waals surface area contributed by atoms with Crippen LogP contribution in [0.3, 0.4) is 0 Å². The minimum absolute atomic E-state index is 0.157. The minimum Gasteiger partial charge on any atom is -0.497 e. The first-order chi connectivity index (χ1) is 10.2. The van der Waals surface area contributed by atoms with Gasteiger partial charge in [-0.25, -0.2) is 0 Å². The zero-order chi connectivity index (χ0) is 14.9. The highest BCUT2D eigenvalue weighted by Gasteiger charge is 2.46. The van der Waals surface area contributed by atoms with Crippen LogP contribution in [0.25, 0.3) is 0 Å². The van der Waals surface area contributed by atoms with Crippen LogP contribution in [-0.2, 0) is 0 Å². The number of benzene rings is 1. The maximum atomic E-state index is 11.0. The molecule has 3 rings (SSSR count). The summed E-state index contributed by atoms with van der Waals surface area (Å²) in [5.41, 5.74) is 0.613. The van der Waals surface area contributed by atoms with Gasteiger partial charge in [0.25, 0.3) is 0 Å². The fourth-order valence-electron chi connectivity index (χ4n) is 4.03. The standard InChI is InChI=1S/C17H25NO3/c1-20-12-6-7-13(15(11-12)21-2)16-14-5-3-4-8-17(14,19)9-10-18-16/h6-7,11,14,16,18-19H,3-5,8-10H2,1-2H3/t14-,16-,17-/m0/s1. The molecule has 0 unspecified atom stereocenters. The number of fused-ring (bicyclic) bond motifs is 1. The van der Waals surface area contributed by atoms with Gasteiger partial charge in [-0.3, -0.25) is 0 Å². The van der Waals surface area contributed by atoms with Crippen LogP contribution in [0.15, 0.2) is 18.2 Å². The van der Waals surface area contributed by atoms with Gasteiger partial charge >= 0.3 is 0 Å². The molecular weight excluding hydrogens is 266 g/mol. The highest BCUT2D eigenvalue weighted by atomic mass is 16.5. The van der Waals surface area contributed by atoms with E-state index in [0.29, 0.717) is 0 Å². The summed E-state index contributed by atoms with van der Waals surface area (Å²) < 4.78 is 10.8. The first-order valence-electron chi connectivity index (χ1n) is 7.85. The second kappa shape index (κ2) is 5.85. The highest BCUT2D eigenvalue weighted by Crippen LogP contribution is 2.47. The molecule has 2 aliphatic rings. The first kappa shape index (κ1) is 14.7. The quantitative estimate of drug-likeness (QED) is 0.899. The van der Waals surface area contributed by atoms with Gasteiger partial charge in [0.2, 0.25) is 0 Å². The summed E-state index contributed by atoms with van der Waals surface area (Å²) in [6, 6.07) is 6.11. The Morgan fingerprint density at radius 1 is 1.19 bits per heavy atom. The second-order valence-electron chi connectivity index (χ2n) is 6.25. The summed E-state index contributed by atoms with van der Waals surface area (Å²) in [5, 5.41) is 14.6. The number of nitrogens with one attached hydrogen (secondary N) is 1. The molecular formula is C17H25NO3. The smallest absolute Gasteiger partial charge is 0.127 e. The van der Waals surface area contributed by atoms with E-state index in [0.717, 1.165) is 49.3 Å². The van der Waals surface area contributed by atoms with Gasteiger partial charge in [-0.05, 0) is 31.9 Å². The Bertz CT molecular complexity index is 501. The zero-order valence-electron chi connectivity index (χ0n) is 12.9. The number of piperidine rings is 1. The van der Waals surface area contributed by atoms with Crippen molar-refractivity contribution in [1.82, 2.24) is 5.32 Å². The molecule has 1 saturated heterocycles. The van der Waals surface area contributed by atoms with E-state index >= 15 is 0 Å². The largest absolute Gasteiger partial charge is 0.497 e. The molecule has 2 N–H and O–H groups in total. The Morgan fingerprint density at radius 3 is 2.81 bits per heavy atom. The topological polar surface area (TPSA) is 50.7 Å². The van der Waals surface area contributed by atoms with Crippen molar-refractivity contribution in [2.24, 2.45) is 5.92 Å². The van der Waals surface area contributed by atoms with Crippen molar-refractivity contribution in [1.29, 1.82) is 0 Å². The lowest BCUT2D eigenvalue weighted by Crippen LogP contribution is -2.53. The molecule has 1 aromatic rings. The fraction of sp³-hybridized carbons (Fsp3) is 0.647. The Hall–Kier alpha value is -1.26. The molecule has 4 heteroatoms. The third-order valence-electron chi connectivity index (χ3n) is 5.17. The Kier molecular flexibility index (Phi) is 4.09. The van der Waals surface area contributed by atoms with Crippen LogP contribution in [0.4, 0.5) is 0 Å². The van der Waals surface area contributed by atoms with Gasteiger partial charge in [-0.2, -0.15) is 0 Å². The summed E-state index contributed by atoms with van der Waals surface area (Å²) in [6.07, 6.45) is 5.19. The SMILES string of the molecule is COc1ccc([C@@H]2NCC[C@@]3(O)CCCC[C@@H]23)c(OC)c1. The van der Waals surface area contributed by atoms with Crippen LogP contribution in [-0.4, -0.2) is 31.5 Å². The number of hydrogen-bond donors (Lipinski definition) is 2. The first-order valence-corrected chi connectivity index (χ1v) is 7.85. The Labute approximate surface area is 126 Å². The molecule has 2 fully saturated rings. The van der Waals surface area contributed by atoms with Crippen LogP contribution in [0.5, 0.6) is 11.5 Å². The van der Waals surface area contributed by atoms with E-state index in [-0.39, 0.29) is 12.0 Å². The normalized spacial score (nSPS) is 32.3. The van der Waals surface area contributed by atoms with Crippen LogP contribution in [0.2, 0.25) is 0 Å². The monoisotopic (exact) mass is 291 g/mol. The average Bonchev–Trinajstić information content (AvgIpc) is 2.53. The minimum atomic E-state index is -0.515. The van der Waals surface area contributed by atoms with E-state index in [9.17, 15) is 5.11 Å². The van der Waals surface area contributed by atoms with Gasteiger partial charge in [0.1, 0.15) is 11.5 Å². The van der Waals surface area contributed by atoms with E-state index in [1.54, 1.807) is 14.2 Å². The molecule has 0 spiro atoms. The number of ether oxygens (including phenoxy) is 2. The molecule has 0 aromatic heterocycles. The van der Waals surface area contributed by atoms with Crippen LogP contribution >= 0.6 is 0 Å². The summed E-state index contributed by atoms with van der Waals surface area (Å²) >= 11 is 0. The molecule has 1 aromatic carbocycles. The summed E-state index contributed by atoms with van der Waals surface area (Å²) in [7, 11) is 3.35. The van der Waals surface area contributed by atoms with E-state index in [4.69, 9.17) is 9.47 Å². The summed E-state index contributed by atoms with van der Waals surface area (Å²) in [4.78, 5) is 0. The van der Waals surface area contributed by atoms with Crippen molar-refractivity contribution in [3.8, 4) is 11.5 Å². The third kappa shape index (κ3) is 2.62. The van der Waals surface area contributed by atoms with Crippen LogP contribution in [0.1, 0.15) is 43.7 Å². The zero-order valence-corrected chi connectivity index (χ0v) is 12.9. The molecule has 1 aliphatic heterocycles. The molecule has 1 saturated carbocycles. The predicted octanol–water partition coefficient (Wildman–Crippen LogP) is 2.66. The number of rotatable bonds is 3. The van der Waals surface area contributed by atoms with Crippen molar-refractivity contribution in [3.05, 3.63) is 23.8 Å². The maximum Gasteiger partial charge on any atom is 0.127 e.